The van der Waals surface area contributed by atoms with Crippen molar-refractivity contribution < 1.29 is 4.79 Å². The predicted molar refractivity (Wildman–Crippen MR) is 151 cm³/mol. The zero-order chi connectivity index (χ0) is 26.5. The molecular weight excluding hydrogens is 474 g/mol. The Bertz CT molecular complexity index is 1380. The number of hydrogen-bond donors (Lipinski definition) is 1. The summed E-state index contributed by atoms with van der Waals surface area (Å²) in [5.41, 5.74) is 5.12. The lowest BCUT2D eigenvalue weighted by Gasteiger charge is -2.24. The largest absolute Gasteiger partial charge is 0.333 e. The normalized spacial score (nSPS) is 15.5. The molecule has 1 unspecified atom stereocenters. The van der Waals surface area contributed by atoms with Gasteiger partial charge in [-0.15, -0.1) is 0 Å². The van der Waals surface area contributed by atoms with Crippen molar-refractivity contribution in [3.8, 4) is 11.3 Å². The summed E-state index contributed by atoms with van der Waals surface area (Å²) in [5.74, 6) is 0.290. The third kappa shape index (κ3) is 5.88. The number of carbonyl (C=O) groups is 1. The van der Waals surface area contributed by atoms with Gasteiger partial charge in [0.2, 0.25) is 5.95 Å². The number of anilines is 3. The molecule has 0 spiro atoms. The van der Waals surface area contributed by atoms with Crippen molar-refractivity contribution in [1.82, 2.24) is 24.8 Å². The Morgan fingerprint density at radius 1 is 1.05 bits per heavy atom. The highest BCUT2D eigenvalue weighted by atomic mass is 16.2. The molecular formula is C30H33N7O. The van der Waals surface area contributed by atoms with E-state index in [2.05, 4.69) is 51.3 Å². The van der Waals surface area contributed by atoms with Crippen molar-refractivity contribution >= 4 is 23.4 Å². The maximum atomic E-state index is 13.7. The molecule has 4 aromatic rings. The van der Waals surface area contributed by atoms with Gasteiger partial charge in [0.05, 0.1) is 11.4 Å². The highest BCUT2D eigenvalue weighted by Crippen LogP contribution is 2.28. The molecule has 0 radical (unpaired) electrons. The molecule has 194 valence electrons. The molecule has 1 fully saturated rings. The summed E-state index contributed by atoms with van der Waals surface area (Å²) in [6.45, 7) is 5.08. The SMILES string of the molecule is Cc1ccccc1N(C(=O)Nc1ccc(CN(C)C2CCN(C)C2)cc1)c1nccc(-c2cccnc2)n1. The molecule has 5 rings (SSSR count). The number of aryl methyl sites for hydroxylation is 1. The monoisotopic (exact) mass is 507 g/mol. The Labute approximate surface area is 224 Å². The van der Waals surface area contributed by atoms with Gasteiger partial charge in [-0.3, -0.25) is 9.88 Å². The number of aromatic nitrogens is 3. The van der Waals surface area contributed by atoms with Crippen molar-refractivity contribution in [2.45, 2.75) is 25.9 Å². The Morgan fingerprint density at radius 3 is 2.58 bits per heavy atom. The van der Waals surface area contributed by atoms with Crippen molar-refractivity contribution in [2.24, 2.45) is 0 Å². The van der Waals surface area contributed by atoms with Crippen LogP contribution in [0, 0.1) is 6.92 Å². The van der Waals surface area contributed by atoms with E-state index in [9.17, 15) is 4.79 Å². The number of hydrogen-bond acceptors (Lipinski definition) is 6. The fourth-order valence-electron chi connectivity index (χ4n) is 4.81. The van der Waals surface area contributed by atoms with Gasteiger partial charge in [0, 0.05) is 49.0 Å². The summed E-state index contributed by atoms with van der Waals surface area (Å²) < 4.78 is 0. The molecule has 1 atom stereocenters. The Morgan fingerprint density at radius 2 is 1.87 bits per heavy atom. The van der Waals surface area contributed by atoms with E-state index in [1.54, 1.807) is 18.6 Å². The van der Waals surface area contributed by atoms with E-state index in [4.69, 9.17) is 4.98 Å². The van der Waals surface area contributed by atoms with Gasteiger partial charge >= 0.3 is 6.03 Å². The Balaban J connectivity index is 1.36. The minimum absolute atomic E-state index is 0.290. The number of amides is 2. The van der Waals surface area contributed by atoms with Gasteiger partial charge in [-0.05, 0) is 81.5 Å². The molecule has 8 heteroatoms. The van der Waals surface area contributed by atoms with Gasteiger partial charge in [-0.2, -0.15) is 0 Å². The first-order valence-electron chi connectivity index (χ1n) is 12.9. The topological polar surface area (TPSA) is 77.5 Å². The summed E-state index contributed by atoms with van der Waals surface area (Å²) in [6.07, 6.45) is 6.32. The number of nitrogens with one attached hydrogen (secondary N) is 1. The Kier molecular flexibility index (Phi) is 7.72. The minimum atomic E-state index is -0.332. The van der Waals surface area contributed by atoms with Crippen molar-refractivity contribution in [2.75, 3.05) is 37.4 Å². The highest BCUT2D eigenvalue weighted by molar-refractivity contribution is 6.06. The number of rotatable bonds is 7. The van der Waals surface area contributed by atoms with Crippen LogP contribution in [0.3, 0.4) is 0 Å². The van der Waals surface area contributed by atoms with E-state index in [-0.39, 0.29) is 12.0 Å². The van der Waals surface area contributed by atoms with E-state index in [1.807, 2.05) is 61.5 Å². The quantitative estimate of drug-likeness (QED) is 0.363. The molecule has 1 aliphatic heterocycles. The molecule has 0 saturated carbocycles. The lowest BCUT2D eigenvalue weighted by atomic mass is 10.1. The third-order valence-corrected chi connectivity index (χ3v) is 6.99. The number of carbonyl (C=O) groups excluding carboxylic acids is 1. The van der Waals surface area contributed by atoms with Crippen LogP contribution in [-0.2, 0) is 6.54 Å². The number of urea groups is 1. The minimum Gasteiger partial charge on any atom is -0.307 e. The molecule has 8 nitrogen and oxygen atoms in total. The molecule has 2 aromatic carbocycles. The zero-order valence-corrected chi connectivity index (χ0v) is 22.1. The van der Waals surface area contributed by atoms with Crippen LogP contribution < -0.4 is 10.2 Å². The van der Waals surface area contributed by atoms with E-state index >= 15 is 0 Å². The van der Waals surface area contributed by atoms with Gasteiger partial charge in [-0.25, -0.2) is 19.7 Å². The molecule has 1 saturated heterocycles. The third-order valence-electron chi connectivity index (χ3n) is 6.99. The smallest absolute Gasteiger partial charge is 0.307 e. The second-order valence-electron chi connectivity index (χ2n) is 9.85. The van der Waals surface area contributed by atoms with Gasteiger partial charge < -0.3 is 10.2 Å². The van der Waals surface area contributed by atoms with E-state index in [0.29, 0.717) is 23.1 Å². The summed E-state index contributed by atoms with van der Waals surface area (Å²) in [4.78, 5) is 33.4. The summed E-state index contributed by atoms with van der Waals surface area (Å²) in [6, 6.07) is 21.6. The molecule has 0 aliphatic carbocycles. The van der Waals surface area contributed by atoms with E-state index in [0.717, 1.165) is 30.8 Å². The first kappa shape index (κ1) is 25.5. The number of likely N-dealkylation sites (tertiary alicyclic amines) is 1. The number of pyridine rings is 1. The van der Waals surface area contributed by atoms with Crippen LogP contribution in [0.2, 0.25) is 0 Å². The summed E-state index contributed by atoms with van der Waals surface area (Å²) >= 11 is 0. The summed E-state index contributed by atoms with van der Waals surface area (Å²) in [7, 11) is 4.35. The zero-order valence-electron chi connectivity index (χ0n) is 22.1. The average Bonchev–Trinajstić information content (AvgIpc) is 3.38. The van der Waals surface area contributed by atoms with Gasteiger partial charge in [0.15, 0.2) is 0 Å². The van der Waals surface area contributed by atoms with Crippen LogP contribution in [0.5, 0.6) is 0 Å². The van der Waals surface area contributed by atoms with Gasteiger partial charge in [0.25, 0.3) is 0 Å². The van der Waals surface area contributed by atoms with Crippen LogP contribution in [-0.4, -0.2) is 64.0 Å². The molecule has 2 amide bonds. The fraction of sp³-hybridized carbons (Fsp3) is 0.267. The number of para-hydroxylation sites is 1. The number of likely N-dealkylation sites (N-methyl/N-ethyl adjacent to an activating group) is 2. The van der Waals surface area contributed by atoms with Gasteiger partial charge in [0.1, 0.15) is 0 Å². The predicted octanol–water partition coefficient (Wildman–Crippen LogP) is 5.35. The first-order chi connectivity index (χ1) is 18.5. The second kappa shape index (κ2) is 11.5. The van der Waals surface area contributed by atoms with E-state index < -0.39 is 0 Å². The van der Waals surface area contributed by atoms with Crippen LogP contribution in [0.25, 0.3) is 11.3 Å². The summed E-state index contributed by atoms with van der Waals surface area (Å²) in [5, 5.41) is 3.04. The molecule has 3 heterocycles. The van der Waals surface area contributed by atoms with Crippen molar-refractivity contribution in [1.29, 1.82) is 0 Å². The maximum Gasteiger partial charge on any atom is 0.333 e. The van der Waals surface area contributed by atoms with Crippen molar-refractivity contribution in [3.05, 3.63) is 96.4 Å². The van der Waals surface area contributed by atoms with Crippen LogP contribution >= 0.6 is 0 Å². The average molecular weight is 508 g/mol. The van der Waals surface area contributed by atoms with Gasteiger partial charge in [-0.1, -0.05) is 30.3 Å². The molecule has 1 aliphatic rings. The maximum absolute atomic E-state index is 13.7. The second-order valence-corrected chi connectivity index (χ2v) is 9.85. The van der Waals surface area contributed by atoms with Crippen LogP contribution in [0.1, 0.15) is 17.5 Å². The van der Waals surface area contributed by atoms with Crippen LogP contribution in [0.15, 0.2) is 85.3 Å². The molecule has 1 N–H and O–H groups in total. The molecule has 38 heavy (non-hydrogen) atoms. The fourth-order valence-corrected chi connectivity index (χ4v) is 4.81. The lowest BCUT2D eigenvalue weighted by molar-refractivity contribution is 0.234. The van der Waals surface area contributed by atoms with Crippen molar-refractivity contribution in [3.63, 3.8) is 0 Å². The van der Waals surface area contributed by atoms with E-state index in [1.165, 1.54) is 16.9 Å². The number of benzene rings is 2. The first-order valence-corrected chi connectivity index (χ1v) is 12.9. The van der Waals surface area contributed by atoms with Crippen LogP contribution in [0.4, 0.5) is 22.1 Å². The molecule has 0 bridgehead atoms. The number of nitrogens with zero attached hydrogens (tertiary/aromatic N) is 6. The molecule has 2 aromatic heterocycles. The highest BCUT2D eigenvalue weighted by Gasteiger charge is 2.24. The Hall–Kier alpha value is -4.14. The lowest BCUT2D eigenvalue weighted by Crippen LogP contribution is -2.33. The standard InChI is InChI=1S/C30H33N7O/c1-22-7-4-5-9-28(22)37(29-32-17-14-27(34-29)24-8-6-16-31-19-24)30(38)33-25-12-10-23(11-13-25)20-36(3)26-15-18-35(2)21-26/h4-14,16-17,19,26H,15,18,20-21H2,1-3H3,(H,33,38).